The topological polar surface area (TPSA) is 23.8 Å². The van der Waals surface area contributed by atoms with Crippen molar-refractivity contribution < 1.29 is 0 Å². The number of nitriles is 1. The third kappa shape index (κ3) is 3.04. The molecule has 0 atom stereocenters. The van der Waals surface area contributed by atoms with Gasteiger partial charge in [0.15, 0.2) is 0 Å². The van der Waals surface area contributed by atoms with E-state index in [1.165, 1.54) is 5.39 Å². The standard InChI is InChI=1S/C19H12BrN/c20-19-7-3-4-14(11-19)10-18(13-21)17-9-8-15-5-1-2-6-16(15)12-17/h1-12H. The SMILES string of the molecule is N#CC(=Cc1cccc(Br)c1)c1ccc2ccccc2c1. The summed E-state index contributed by atoms with van der Waals surface area (Å²) < 4.78 is 1.01. The van der Waals surface area contributed by atoms with Gasteiger partial charge in [0.1, 0.15) is 0 Å². The smallest absolute Gasteiger partial charge is 0.0998 e. The third-order valence-corrected chi connectivity index (χ3v) is 3.83. The fraction of sp³-hybridized carbons (Fsp3) is 0. The zero-order valence-electron chi connectivity index (χ0n) is 11.3. The van der Waals surface area contributed by atoms with Crippen molar-refractivity contribution in [3.05, 3.63) is 82.3 Å². The predicted molar refractivity (Wildman–Crippen MR) is 91.6 cm³/mol. The highest BCUT2D eigenvalue weighted by molar-refractivity contribution is 9.10. The van der Waals surface area contributed by atoms with Gasteiger partial charge in [-0.15, -0.1) is 0 Å². The van der Waals surface area contributed by atoms with E-state index in [1.54, 1.807) is 0 Å². The Hall–Kier alpha value is -2.37. The lowest BCUT2D eigenvalue weighted by Crippen LogP contribution is -1.83. The van der Waals surface area contributed by atoms with E-state index in [1.807, 2.05) is 48.5 Å². The molecule has 0 aliphatic rings. The van der Waals surface area contributed by atoms with Crippen molar-refractivity contribution in [3.63, 3.8) is 0 Å². The third-order valence-electron chi connectivity index (χ3n) is 3.34. The predicted octanol–water partition coefficient (Wildman–Crippen LogP) is 5.67. The second-order valence-electron chi connectivity index (χ2n) is 4.79. The highest BCUT2D eigenvalue weighted by Gasteiger charge is 2.03. The van der Waals surface area contributed by atoms with Crippen molar-refractivity contribution in [2.75, 3.05) is 0 Å². The molecule has 100 valence electrons. The Labute approximate surface area is 132 Å². The van der Waals surface area contributed by atoms with Crippen LogP contribution in [0.2, 0.25) is 0 Å². The number of allylic oxidation sites excluding steroid dienone is 1. The van der Waals surface area contributed by atoms with Gasteiger partial charge in [-0.05, 0) is 46.2 Å². The summed E-state index contributed by atoms with van der Waals surface area (Å²) >= 11 is 3.45. The number of benzene rings is 3. The zero-order valence-corrected chi connectivity index (χ0v) is 12.8. The first-order valence-electron chi connectivity index (χ1n) is 6.63. The molecule has 0 N–H and O–H groups in total. The second kappa shape index (κ2) is 5.95. The van der Waals surface area contributed by atoms with Crippen molar-refractivity contribution in [2.45, 2.75) is 0 Å². The molecule has 3 aromatic carbocycles. The molecule has 0 heterocycles. The van der Waals surface area contributed by atoms with Gasteiger partial charge >= 0.3 is 0 Å². The lowest BCUT2D eigenvalue weighted by Gasteiger charge is -2.03. The summed E-state index contributed by atoms with van der Waals surface area (Å²) in [7, 11) is 0. The van der Waals surface area contributed by atoms with Crippen LogP contribution in [0.3, 0.4) is 0 Å². The minimum atomic E-state index is 0.666. The highest BCUT2D eigenvalue weighted by Crippen LogP contribution is 2.23. The van der Waals surface area contributed by atoms with E-state index in [0.29, 0.717) is 5.57 Å². The van der Waals surface area contributed by atoms with Crippen LogP contribution in [0.4, 0.5) is 0 Å². The van der Waals surface area contributed by atoms with E-state index in [2.05, 4.69) is 46.3 Å². The van der Waals surface area contributed by atoms with E-state index in [9.17, 15) is 5.26 Å². The summed E-state index contributed by atoms with van der Waals surface area (Å²) in [6.07, 6.45) is 1.91. The normalized spacial score (nSPS) is 11.3. The van der Waals surface area contributed by atoms with Crippen LogP contribution in [0.25, 0.3) is 22.4 Å². The van der Waals surface area contributed by atoms with Crippen molar-refractivity contribution in [1.82, 2.24) is 0 Å². The van der Waals surface area contributed by atoms with Gasteiger partial charge in [-0.1, -0.05) is 64.5 Å². The Bertz CT molecular complexity index is 872. The lowest BCUT2D eigenvalue weighted by atomic mass is 10.0. The van der Waals surface area contributed by atoms with Gasteiger partial charge in [0.25, 0.3) is 0 Å². The van der Waals surface area contributed by atoms with E-state index in [-0.39, 0.29) is 0 Å². The van der Waals surface area contributed by atoms with Crippen LogP contribution in [0, 0.1) is 11.3 Å². The molecule has 2 heteroatoms. The van der Waals surface area contributed by atoms with Crippen molar-refractivity contribution in [2.24, 2.45) is 0 Å². The molecule has 0 spiro atoms. The number of nitrogens with zero attached hydrogens (tertiary/aromatic N) is 1. The minimum Gasteiger partial charge on any atom is -0.192 e. The molecule has 0 amide bonds. The molecular formula is C19H12BrN. The van der Waals surface area contributed by atoms with Crippen molar-refractivity contribution in [1.29, 1.82) is 5.26 Å². The van der Waals surface area contributed by atoms with Crippen molar-refractivity contribution in [3.8, 4) is 6.07 Å². The highest BCUT2D eigenvalue weighted by atomic mass is 79.9. The summed E-state index contributed by atoms with van der Waals surface area (Å²) in [5, 5.41) is 11.8. The fourth-order valence-corrected chi connectivity index (χ4v) is 2.72. The number of halogens is 1. The van der Waals surface area contributed by atoms with Gasteiger partial charge in [-0.3, -0.25) is 0 Å². The van der Waals surface area contributed by atoms with Crippen LogP contribution >= 0.6 is 15.9 Å². The molecule has 3 aromatic rings. The maximum Gasteiger partial charge on any atom is 0.0998 e. The second-order valence-corrected chi connectivity index (χ2v) is 5.70. The summed E-state index contributed by atoms with van der Waals surface area (Å²) in [5.74, 6) is 0. The van der Waals surface area contributed by atoms with E-state index >= 15 is 0 Å². The average molecular weight is 334 g/mol. The van der Waals surface area contributed by atoms with Crippen LogP contribution in [0.5, 0.6) is 0 Å². The maximum absolute atomic E-state index is 9.45. The van der Waals surface area contributed by atoms with Crippen LogP contribution < -0.4 is 0 Å². The first-order chi connectivity index (χ1) is 10.3. The molecule has 0 bridgehead atoms. The monoisotopic (exact) mass is 333 g/mol. The molecule has 1 nitrogen and oxygen atoms in total. The van der Waals surface area contributed by atoms with E-state index < -0.39 is 0 Å². The Morgan fingerprint density at radius 1 is 0.905 bits per heavy atom. The summed E-state index contributed by atoms with van der Waals surface area (Å²) in [6.45, 7) is 0. The average Bonchev–Trinajstić information content (AvgIpc) is 2.52. The Morgan fingerprint density at radius 2 is 1.71 bits per heavy atom. The van der Waals surface area contributed by atoms with E-state index in [0.717, 1.165) is 21.0 Å². The first-order valence-corrected chi connectivity index (χ1v) is 7.42. The number of rotatable bonds is 2. The number of hydrogen-bond donors (Lipinski definition) is 0. The minimum absolute atomic E-state index is 0.666. The molecule has 0 aromatic heterocycles. The Kier molecular flexibility index (Phi) is 3.85. The number of fused-ring (bicyclic) bond motifs is 1. The zero-order chi connectivity index (χ0) is 14.7. The Balaban J connectivity index is 2.08. The van der Waals surface area contributed by atoms with Crippen LogP contribution in [-0.4, -0.2) is 0 Å². The number of hydrogen-bond acceptors (Lipinski definition) is 1. The molecule has 0 aliphatic carbocycles. The molecule has 21 heavy (non-hydrogen) atoms. The molecule has 0 radical (unpaired) electrons. The van der Waals surface area contributed by atoms with Gasteiger partial charge in [0, 0.05) is 4.47 Å². The quantitative estimate of drug-likeness (QED) is 0.438. The molecule has 0 fully saturated rings. The summed E-state index contributed by atoms with van der Waals surface area (Å²) in [5.41, 5.74) is 2.61. The molecule has 0 aliphatic heterocycles. The molecule has 0 unspecified atom stereocenters. The summed E-state index contributed by atoms with van der Waals surface area (Å²) in [4.78, 5) is 0. The fourth-order valence-electron chi connectivity index (χ4n) is 2.30. The molecule has 0 saturated carbocycles. The van der Waals surface area contributed by atoms with Gasteiger partial charge in [0.2, 0.25) is 0 Å². The van der Waals surface area contributed by atoms with Crippen LogP contribution in [-0.2, 0) is 0 Å². The van der Waals surface area contributed by atoms with Crippen LogP contribution in [0.1, 0.15) is 11.1 Å². The first kappa shape index (κ1) is 13.6. The van der Waals surface area contributed by atoms with Gasteiger partial charge in [-0.2, -0.15) is 5.26 Å². The van der Waals surface area contributed by atoms with E-state index in [4.69, 9.17) is 0 Å². The molecule has 0 saturated heterocycles. The molecular weight excluding hydrogens is 322 g/mol. The maximum atomic E-state index is 9.45. The Morgan fingerprint density at radius 3 is 2.48 bits per heavy atom. The van der Waals surface area contributed by atoms with Crippen molar-refractivity contribution >= 4 is 38.4 Å². The largest absolute Gasteiger partial charge is 0.192 e. The molecule has 3 rings (SSSR count). The van der Waals surface area contributed by atoms with Crippen LogP contribution in [0.15, 0.2) is 71.2 Å². The van der Waals surface area contributed by atoms with Gasteiger partial charge in [-0.25, -0.2) is 0 Å². The lowest BCUT2D eigenvalue weighted by molar-refractivity contribution is 1.53. The van der Waals surface area contributed by atoms with Gasteiger partial charge < -0.3 is 0 Å². The van der Waals surface area contributed by atoms with Gasteiger partial charge in [0.05, 0.1) is 11.6 Å². The summed E-state index contributed by atoms with van der Waals surface area (Å²) in [6, 6.07) is 24.5.